The van der Waals surface area contributed by atoms with E-state index in [9.17, 15) is 9.59 Å². The summed E-state index contributed by atoms with van der Waals surface area (Å²) in [5.41, 5.74) is 5.79. The second-order valence-electron chi connectivity index (χ2n) is 9.52. The average Bonchev–Trinajstić information content (AvgIpc) is 2.89. The lowest BCUT2D eigenvalue weighted by Crippen LogP contribution is -2.37. The number of benzene rings is 2. The summed E-state index contributed by atoms with van der Waals surface area (Å²) in [7, 11) is 1.64. The predicted octanol–water partition coefficient (Wildman–Crippen LogP) is 6.16. The first-order valence-corrected chi connectivity index (χ1v) is 13.0. The van der Waals surface area contributed by atoms with E-state index in [1.165, 1.54) is 0 Å². The number of methoxy groups -OCH3 is 1. The first kappa shape index (κ1) is 25.0. The van der Waals surface area contributed by atoms with E-state index in [2.05, 4.69) is 31.5 Å². The van der Waals surface area contributed by atoms with Crippen molar-refractivity contribution in [1.82, 2.24) is 10.3 Å². The van der Waals surface area contributed by atoms with Crippen molar-refractivity contribution in [3.63, 3.8) is 0 Å². The van der Waals surface area contributed by atoms with E-state index >= 15 is 0 Å². The molecule has 1 aromatic heterocycles. The maximum atomic E-state index is 13.8. The lowest BCUT2D eigenvalue weighted by molar-refractivity contribution is -0.116. The Labute approximate surface area is 225 Å². The van der Waals surface area contributed by atoms with Crippen LogP contribution < -0.4 is 15.4 Å². The Hall–Kier alpha value is -3.71. The molecule has 37 heavy (non-hydrogen) atoms. The van der Waals surface area contributed by atoms with Gasteiger partial charge >= 0.3 is 0 Å². The van der Waals surface area contributed by atoms with Crippen LogP contribution in [0.5, 0.6) is 5.75 Å². The first-order valence-electron chi connectivity index (χ1n) is 12.2. The molecular weight excluding hydrogens is 530 g/mol. The van der Waals surface area contributed by atoms with Crippen molar-refractivity contribution in [2.45, 2.75) is 38.5 Å². The van der Waals surface area contributed by atoms with Gasteiger partial charge in [0.05, 0.1) is 7.11 Å². The summed E-state index contributed by atoms with van der Waals surface area (Å²) >= 11 is 3.56. The number of ether oxygens (including phenoxy) is 1. The first-order chi connectivity index (χ1) is 17.8. The van der Waals surface area contributed by atoms with Crippen molar-refractivity contribution in [2.24, 2.45) is 0 Å². The fraction of sp³-hybridized carbons (Fsp3) is 0.233. The number of carbonyl (C=O) groups excluding carboxylic acids is 2. The maximum Gasteiger partial charge on any atom is 0.255 e. The summed E-state index contributed by atoms with van der Waals surface area (Å²) < 4.78 is 6.18. The van der Waals surface area contributed by atoms with Gasteiger partial charge in [0.2, 0.25) is 0 Å². The Morgan fingerprint density at radius 2 is 1.84 bits per heavy atom. The molecular formula is C30H28BrN3O3. The summed E-state index contributed by atoms with van der Waals surface area (Å²) in [6.45, 7) is 3.84. The van der Waals surface area contributed by atoms with Crippen molar-refractivity contribution in [3.8, 4) is 5.75 Å². The Morgan fingerprint density at radius 3 is 2.51 bits per heavy atom. The largest absolute Gasteiger partial charge is 0.497 e. The summed E-state index contributed by atoms with van der Waals surface area (Å²) in [4.78, 5) is 31.8. The Bertz CT molecular complexity index is 1430. The molecule has 1 amide bonds. The number of hydrogen-bond donors (Lipinski definition) is 2. The van der Waals surface area contributed by atoms with Gasteiger partial charge in [-0.15, -0.1) is 0 Å². The van der Waals surface area contributed by atoms with Gasteiger partial charge in [-0.2, -0.15) is 0 Å². The molecule has 6 nitrogen and oxygen atoms in total. The van der Waals surface area contributed by atoms with Crippen LogP contribution in [0.4, 0.5) is 5.82 Å². The van der Waals surface area contributed by atoms with Gasteiger partial charge in [0.1, 0.15) is 11.6 Å². The number of allylic oxidation sites excluding steroid dienone is 3. The molecule has 2 aromatic carbocycles. The molecule has 1 aliphatic carbocycles. The van der Waals surface area contributed by atoms with E-state index in [0.29, 0.717) is 29.8 Å². The van der Waals surface area contributed by atoms with Crippen molar-refractivity contribution in [1.29, 1.82) is 0 Å². The molecule has 2 unspecified atom stereocenters. The number of halogens is 1. The lowest BCUT2D eigenvalue weighted by Gasteiger charge is -2.37. The Kier molecular flexibility index (Phi) is 6.98. The van der Waals surface area contributed by atoms with Gasteiger partial charge < -0.3 is 15.4 Å². The second kappa shape index (κ2) is 10.3. The minimum absolute atomic E-state index is 0.0470. The van der Waals surface area contributed by atoms with Gasteiger partial charge in [-0.1, -0.05) is 46.3 Å². The zero-order valence-corrected chi connectivity index (χ0v) is 22.6. The molecule has 1 aliphatic heterocycles. The lowest BCUT2D eigenvalue weighted by atomic mass is 9.71. The van der Waals surface area contributed by atoms with Crippen LogP contribution in [0, 0.1) is 6.92 Å². The van der Waals surface area contributed by atoms with E-state index in [1.54, 1.807) is 19.4 Å². The van der Waals surface area contributed by atoms with Gasteiger partial charge in [0.25, 0.3) is 5.91 Å². The average molecular weight is 558 g/mol. The number of ketones is 1. The molecule has 0 bridgehead atoms. The zero-order valence-electron chi connectivity index (χ0n) is 21.0. The number of hydrogen-bond acceptors (Lipinski definition) is 5. The highest BCUT2D eigenvalue weighted by Crippen LogP contribution is 2.46. The number of carbonyl (C=O) groups is 2. The molecule has 2 heterocycles. The Balaban J connectivity index is 1.53. The molecule has 2 aliphatic rings. The molecule has 188 valence electrons. The second-order valence-corrected chi connectivity index (χ2v) is 10.4. The fourth-order valence-corrected chi connectivity index (χ4v) is 5.61. The number of nitrogens with zero attached hydrogens (tertiary/aromatic N) is 1. The highest BCUT2D eigenvalue weighted by Gasteiger charge is 2.41. The van der Waals surface area contributed by atoms with E-state index in [4.69, 9.17) is 4.74 Å². The monoisotopic (exact) mass is 557 g/mol. The topological polar surface area (TPSA) is 80.3 Å². The van der Waals surface area contributed by atoms with Crippen LogP contribution in [0.15, 0.2) is 93.9 Å². The van der Waals surface area contributed by atoms with Gasteiger partial charge in [0, 0.05) is 45.5 Å². The van der Waals surface area contributed by atoms with Crippen LogP contribution in [-0.4, -0.2) is 23.8 Å². The molecule has 3 aromatic rings. The van der Waals surface area contributed by atoms with Crippen LogP contribution in [0.25, 0.3) is 0 Å². The normalized spacial score (nSPS) is 19.3. The molecule has 5 rings (SSSR count). The number of Topliss-reactive ketones (excluding diaryl/α,β-unsaturated/α-hetero) is 1. The van der Waals surface area contributed by atoms with E-state index in [1.807, 2.05) is 68.4 Å². The summed E-state index contributed by atoms with van der Waals surface area (Å²) in [6.07, 6.45) is 2.78. The predicted molar refractivity (Wildman–Crippen MR) is 147 cm³/mol. The highest BCUT2D eigenvalue weighted by atomic mass is 79.9. The molecule has 0 fully saturated rings. The van der Waals surface area contributed by atoms with Crippen molar-refractivity contribution < 1.29 is 14.3 Å². The third-order valence-corrected chi connectivity index (χ3v) is 7.49. The molecule has 0 spiro atoms. The van der Waals surface area contributed by atoms with E-state index in [-0.39, 0.29) is 17.6 Å². The number of dihydropyridines is 1. The third-order valence-electron chi connectivity index (χ3n) is 6.99. The van der Waals surface area contributed by atoms with Crippen LogP contribution in [0.1, 0.15) is 48.3 Å². The van der Waals surface area contributed by atoms with Gasteiger partial charge in [-0.3, -0.25) is 9.59 Å². The van der Waals surface area contributed by atoms with Crippen LogP contribution in [-0.2, 0) is 9.59 Å². The molecule has 0 saturated carbocycles. The SMILES string of the molecule is COc1ccc(C2CC(=O)C3=C(C2)NC(C)=C(C(=O)Nc2ccc(C)cn2)C3c2cccc(Br)c2)cc1. The molecule has 0 radical (unpaired) electrons. The van der Waals surface area contributed by atoms with Crippen LogP contribution in [0.3, 0.4) is 0 Å². The smallest absolute Gasteiger partial charge is 0.255 e. The number of anilines is 1. The minimum atomic E-state index is -0.483. The van der Waals surface area contributed by atoms with Gasteiger partial charge in [-0.25, -0.2) is 4.98 Å². The number of amides is 1. The number of aryl methyl sites for hydroxylation is 1. The van der Waals surface area contributed by atoms with E-state index < -0.39 is 5.92 Å². The van der Waals surface area contributed by atoms with E-state index in [0.717, 1.165) is 38.3 Å². The zero-order chi connectivity index (χ0) is 26.1. The third kappa shape index (κ3) is 5.09. The number of rotatable bonds is 5. The summed E-state index contributed by atoms with van der Waals surface area (Å²) in [6, 6.07) is 19.4. The molecule has 7 heteroatoms. The summed E-state index contributed by atoms with van der Waals surface area (Å²) in [5.74, 6) is 0.594. The van der Waals surface area contributed by atoms with Crippen molar-refractivity contribution in [3.05, 3.63) is 111 Å². The van der Waals surface area contributed by atoms with Crippen LogP contribution in [0.2, 0.25) is 0 Å². The van der Waals surface area contributed by atoms with Gasteiger partial charge in [0.15, 0.2) is 5.78 Å². The summed E-state index contributed by atoms with van der Waals surface area (Å²) in [5, 5.41) is 6.37. The number of nitrogens with one attached hydrogen (secondary N) is 2. The molecule has 2 N–H and O–H groups in total. The fourth-order valence-electron chi connectivity index (χ4n) is 5.20. The highest BCUT2D eigenvalue weighted by molar-refractivity contribution is 9.10. The number of aromatic nitrogens is 1. The van der Waals surface area contributed by atoms with Gasteiger partial charge in [-0.05, 0) is 73.2 Å². The van der Waals surface area contributed by atoms with Crippen molar-refractivity contribution in [2.75, 3.05) is 12.4 Å². The van der Waals surface area contributed by atoms with Crippen LogP contribution >= 0.6 is 15.9 Å². The molecule has 2 atom stereocenters. The van der Waals surface area contributed by atoms with Crippen molar-refractivity contribution >= 4 is 33.4 Å². The maximum absolute atomic E-state index is 13.8. The quantitative estimate of drug-likeness (QED) is 0.392. The number of pyridine rings is 1. The standard InChI is InChI=1S/C30H28BrN3O3/c1-17-7-12-26(32-16-17)34-30(36)27-18(2)33-24-14-21(19-8-10-23(37-3)11-9-19)15-25(35)29(24)28(27)20-5-4-6-22(31)13-20/h4-13,16,21,28,33H,14-15H2,1-3H3,(H,32,34,36). The Morgan fingerprint density at radius 1 is 1.05 bits per heavy atom. The minimum Gasteiger partial charge on any atom is -0.497 e. The molecule has 0 saturated heterocycles.